The van der Waals surface area contributed by atoms with Crippen LogP contribution in [0.1, 0.15) is 34.8 Å². The Balaban J connectivity index is 1.85. The number of halogens is 1. The number of nitrogens with zero attached hydrogens (tertiary/aromatic N) is 1. The molecule has 1 amide bonds. The highest BCUT2D eigenvalue weighted by Gasteiger charge is 2.30. The predicted molar refractivity (Wildman–Crippen MR) is 73.7 cm³/mol. The maximum atomic E-state index is 13.0. The van der Waals surface area contributed by atoms with Crippen molar-refractivity contribution in [1.29, 1.82) is 0 Å². The molecule has 1 aromatic heterocycles. The summed E-state index contributed by atoms with van der Waals surface area (Å²) in [6, 6.07) is 8.40. The van der Waals surface area contributed by atoms with Crippen molar-refractivity contribution in [2.75, 3.05) is 6.54 Å². The Morgan fingerprint density at radius 3 is 2.74 bits per heavy atom. The van der Waals surface area contributed by atoms with Crippen molar-refractivity contribution < 1.29 is 9.18 Å². The van der Waals surface area contributed by atoms with Gasteiger partial charge in [0.1, 0.15) is 5.82 Å². The van der Waals surface area contributed by atoms with E-state index in [9.17, 15) is 9.18 Å². The fraction of sp³-hybridized carbons (Fsp3) is 0.267. The molecule has 98 valence electrons. The molecule has 2 aromatic rings. The van der Waals surface area contributed by atoms with E-state index in [2.05, 4.69) is 0 Å². The number of carbonyl (C=O) groups excluding carboxylic acids is 1. The van der Waals surface area contributed by atoms with Crippen LogP contribution in [-0.2, 0) is 0 Å². The van der Waals surface area contributed by atoms with E-state index in [4.69, 9.17) is 0 Å². The van der Waals surface area contributed by atoms with Crippen molar-refractivity contribution in [3.63, 3.8) is 0 Å². The average Bonchev–Trinajstić information content (AvgIpc) is 3.10. The normalized spacial score (nSPS) is 18.8. The van der Waals surface area contributed by atoms with Crippen LogP contribution < -0.4 is 0 Å². The molecule has 0 aliphatic carbocycles. The van der Waals surface area contributed by atoms with Gasteiger partial charge >= 0.3 is 0 Å². The van der Waals surface area contributed by atoms with Gasteiger partial charge in [-0.05, 0) is 42.0 Å². The zero-order valence-corrected chi connectivity index (χ0v) is 11.2. The van der Waals surface area contributed by atoms with Gasteiger partial charge in [-0.2, -0.15) is 11.3 Å². The molecule has 4 heteroatoms. The molecule has 0 radical (unpaired) electrons. The zero-order valence-electron chi connectivity index (χ0n) is 10.4. The number of amides is 1. The Labute approximate surface area is 115 Å². The highest BCUT2D eigenvalue weighted by molar-refractivity contribution is 7.08. The van der Waals surface area contributed by atoms with E-state index in [0.29, 0.717) is 0 Å². The van der Waals surface area contributed by atoms with E-state index < -0.39 is 0 Å². The lowest BCUT2D eigenvalue weighted by atomic mass is 10.0. The van der Waals surface area contributed by atoms with Gasteiger partial charge in [0.25, 0.3) is 5.91 Å². The molecule has 1 saturated heterocycles. The minimum absolute atomic E-state index is 0.0769. The summed E-state index contributed by atoms with van der Waals surface area (Å²) in [6.07, 6.45) is 1.94. The summed E-state index contributed by atoms with van der Waals surface area (Å²) in [7, 11) is 0. The SMILES string of the molecule is O=C(c1ccsc1)N1CCC[C@@H]1c1ccc(F)cc1. The Kier molecular flexibility index (Phi) is 3.34. The van der Waals surface area contributed by atoms with Gasteiger partial charge in [0.15, 0.2) is 0 Å². The monoisotopic (exact) mass is 275 g/mol. The highest BCUT2D eigenvalue weighted by atomic mass is 32.1. The van der Waals surface area contributed by atoms with Gasteiger partial charge < -0.3 is 4.90 Å². The molecule has 0 N–H and O–H groups in total. The van der Waals surface area contributed by atoms with Gasteiger partial charge in [-0.3, -0.25) is 4.79 Å². The van der Waals surface area contributed by atoms with Gasteiger partial charge in [0.05, 0.1) is 11.6 Å². The van der Waals surface area contributed by atoms with Crippen molar-refractivity contribution in [3.05, 3.63) is 58.0 Å². The van der Waals surface area contributed by atoms with Crippen LogP contribution in [0.4, 0.5) is 4.39 Å². The predicted octanol–water partition coefficient (Wildman–Crippen LogP) is 3.86. The summed E-state index contributed by atoms with van der Waals surface area (Å²) in [4.78, 5) is 14.3. The summed E-state index contributed by atoms with van der Waals surface area (Å²) in [5, 5.41) is 3.79. The van der Waals surface area contributed by atoms with Crippen molar-refractivity contribution in [3.8, 4) is 0 Å². The van der Waals surface area contributed by atoms with Gasteiger partial charge in [-0.25, -0.2) is 4.39 Å². The van der Waals surface area contributed by atoms with E-state index in [1.165, 1.54) is 23.5 Å². The van der Waals surface area contributed by atoms with Crippen molar-refractivity contribution in [2.24, 2.45) is 0 Å². The lowest BCUT2D eigenvalue weighted by molar-refractivity contribution is 0.0736. The third kappa shape index (κ3) is 2.40. The lowest BCUT2D eigenvalue weighted by Crippen LogP contribution is -2.30. The zero-order chi connectivity index (χ0) is 13.2. The van der Waals surface area contributed by atoms with Crippen LogP contribution >= 0.6 is 11.3 Å². The first-order valence-corrected chi connectivity index (χ1v) is 7.28. The van der Waals surface area contributed by atoms with Crippen molar-refractivity contribution >= 4 is 17.2 Å². The van der Waals surface area contributed by atoms with Crippen molar-refractivity contribution in [1.82, 2.24) is 4.90 Å². The van der Waals surface area contributed by atoms with Crippen LogP contribution in [-0.4, -0.2) is 17.4 Å². The minimum Gasteiger partial charge on any atom is -0.332 e. The Bertz CT molecular complexity index is 564. The van der Waals surface area contributed by atoms with Crippen LogP contribution in [0.2, 0.25) is 0 Å². The Morgan fingerprint density at radius 2 is 2.05 bits per heavy atom. The average molecular weight is 275 g/mol. The molecule has 2 nitrogen and oxygen atoms in total. The molecule has 19 heavy (non-hydrogen) atoms. The molecule has 3 rings (SSSR count). The maximum absolute atomic E-state index is 13.0. The van der Waals surface area contributed by atoms with E-state index in [-0.39, 0.29) is 17.8 Å². The summed E-state index contributed by atoms with van der Waals surface area (Å²) in [5.41, 5.74) is 1.77. The third-order valence-corrected chi connectivity index (χ3v) is 4.22. The first kappa shape index (κ1) is 12.4. The number of hydrogen-bond donors (Lipinski definition) is 0. The number of likely N-dealkylation sites (tertiary alicyclic amines) is 1. The van der Waals surface area contributed by atoms with Gasteiger partial charge in [0.2, 0.25) is 0 Å². The first-order valence-electron chi connectivity index (χ1n) is 6.34. The minimum atomic E-state index is -0.238. The lowest BCUT2D eigenvalue weighted by Gasteiger charge is -2.24. The molecule has 0 spiro atoms. The van der Waals surface area contributed by atoms with Crippen LogP contribution in [0.3, 0.4) is 0 Å². The fourth-order valence-corrected chi connectivity index (χ4v) is 3.22. The molecule has 0 bridgehead atoms. The van der Waals surface area contributed by atoms with E-state index in [1.54, 1.807) is 12.1 Å². The number of carbonyl (C=O) groups is 1. The molecule has 1 aliphatic heterocycles. The van der Waals surface area contributed by atoms with E-state index >= 15 is 0 Å². The number of thiophene rings is 1. The largest absolute Gasteiger partial charge is 0.332 e. The molecule has 1 atom stereocenters. The summed E-state index contributed by atoms with van der Waals surface area (Å²) in [5.74, 6) is -0.162. The molecule has 1 fully saturated rings. The number of rotatable bonds is 2. The smallest absolute Gasteiger partial charge is 0.255 e. The quantitative estimate of drug-likeness (QED) is 0.815. The second kappa shape index (κ2) is 5.13. The summed E-state index contributed by atoms with van der Waals surface area (Å²) >= 11 is 1.53. The van der Waals surface area contributed by atoms with Gasteiger partial charge in [-0.1, -0.05) is 12.1 Å². The number of hydrogen-bond acceptors (Lipinski definition) is 2. The van der Waals surface area contributed by atoms with Gasteiger partial charge in [-0.15, -0.1) is 0 Å². The number of benzene rings is 1. The first-order chi connectivity index (χ1) is 9.25. The van der Waals surface area contributed by atoms with Gasteiger partial charge in [0, 0.05) is 11.9 Å². The Morgan fingerprint density at radius 1 is 1.26 bits per heavy atom. The van der Waals surface area contributed by atoms with E-state index in [1.807, 2.05) is 21.7 Å². The fourth-order valence-electron chi connectivity index (χ4n) is 2.59. The summed E-state index contributed by atoms with van der Waals surface area (Å²) < 4.78 is 13.0. The third-order valence-electron chi connectivity index (χ3n) is 3.54. The molecule has 0 saturated carbocycles. The second-order valence-corrected chi connectivity index (χ2v) is 5.50. The summed E-state index contributed by atoms with van der Waals surface area (Å²) in [6.45, 7) is 0.775. The molecule has 0 unspecified atom stereocenters. The molecule has 2 heterocycles. The van der Waals surface area contributed by atoms with Crippen LogP contribution in [0.5, 0.6) is 0 Å². The highest BCUT2D eigenvalue weighted by Crippen LogP contribution is 2.33. The van der Waals surface area contributed by atoms with E-state index in [0.717, 1.165) is 30.5 Å². The standard InChI is InChI=1S/C15H14FNOS/c16-13-5-3-11(4-6-13)14-2-1-8-17(14)15(18)12-7-9-19-10-12/h3-7,9-10,14H,1-2,8H2/t14-/m1/s1. The molecule has 1 aliphatic rings. The van der Waals surface area contributed by atoms with Crippen molar-refractivity contribution in [2.45, 2.75) is 18.9 Å². The molecular formula is C15H14FNOS. The molecular weight excluding hydrogens is 261 g/mol. The molecule has 1 aromatic carbocycles. The van der Waals surface area contributed by atoms with Crippen LogP contribution in [0.25, 0.3) is 0 Å². The van der Waals surface area contributed by atoms with Crippen LogP contribution in [0, 0.1) is 5.82 Å². The maximum Gasteiger partial charge on any atom is 0.255 e. The second-order valence-electron chi connectivity index (χ2n) is 4.72. The van der Waals surface area contributed by atoms with Crippen LogP contribution in [0.15, 0.2) is 41.1 Å². The topological polar surface area (TPSA) is 20.3 Å². The Hall–Kier alpha value is -1.68.